The fourth-order valence-corrected chi connectivity index (χ4v) is 5.92. The van der Waals surface area contributed by atoms with Crippen molar-refractivity contribution < 1.29 is 99.2 Å². The fraction of sp³-hybridized carbons (Fsp3) is 1.00. The van der Waals surface area contributed by atoms with Crippen LogP contribution >= 0.6 is 0 Å². The van der Waals surface area contributed by atoms with Crippen LogP contribution in [0.3, 0.4) is 0 Å². The van der Waals surface area contributed by atoms with E-state index in [1.807, 2.05) is 0 Å². The van der Waals surface area contributed by atoms with Gasteiger partial charge in [0.1, 0.15) is 79.4 Å². The summed E-state index contributed by atoms with van der Waals surface area (Å²) in [6, 6.07) is 0. The van der Waals surface area contributed by atoms with Gasteiger partial charge in [0.05, 0.1) is 45.2 Å². The average Bonchev–Trinajstić information content (AvgIpc) is 3.08. The maximum absolute atomic E-state index is 11.2. The third kappa shape index (κ3) is 10.0. The molecular formula is C29H53NO20. The van der Waals surface area contributed by atoms with Crippen LogP contribution in [0, 0.1) is 0 Å². The molecule has 21 heteroatoms. The molecule has 4 aliphatic heterocycles. The van der Waals surface area contributed by atoms with E-state index < -0.39 is 137 Å². The lowest BCUT2D eigenvalue weighted by molar-refractivity contribution is -0.366. The largest absolute Gasteiger partial charge is 0.394 e. The number of aliphatic hydroxyl groups is 12. The quantitative estimate of drug-likeness (QED) is 0.0743. The van der Waals surface area contributed by atoms with Crippen molar-refractivity contribution in [1.82, 2.24) is 4.90 Å². The first-order valence-corrected chi connectivity index (χ1v) is 16.5. The molecule has 0 spiro atoms. The zero-order chi connectivity index (χ0) is 36.9. The van der Waals surface area contributed by atoms with Gasteiger partial charge in [-0.3, -0.25) is 0 Å². The summed E-state index contributed by atoms with van der Waals surface area (Å²) in [4.78, 5) is 1.79. The molecule has 0 aromatic carbocycles. The zero-order valence-electron chi connectivity index (χ0n) is 27.7. The summed E-state index contributed by atoms with van der Waals surface area (Å²) in [5.74, 6) is 0. The van der Waals surface area contributed by atoms with E-state index >= 15 is 0 Å². The smallest absolute Gasteiger partial charge is 0.187 e. The Morgan fingerprint density at radius 2 is 1.04 bits per heavy atom. The highest BCUT2D eigenvalue weighted by atomic mass is 16.8. The van der Waals surface area contributed by atoms with E-state index in [0.29, 0.717) is 6.54 Å². The molecule has 0 bridgehead atoms. The number of hydrogen-bond donors (Lipinski definition) is 12. The molecule has 0 amide bonds. The molecule has 4 fully saturated rings. The Balaban J connectivity index is 1.37. The van der Waals surface area contributed by atoms with Gasteiger partial charge in [0.2, 0.25) is 0 Å². The van der Waals surface area contributed by atoms with Crippen molar-refractivity contribution >= 4 is 0 Å². The number of ether oxygens (including phenoxy) is 8. The first kappa shape index (κ1) is 41.9. The SMILES string of the molecule is C[C@@H]1O[C@H](OCCN(C)CCO[C@H]2O[C@H](CO[C@H]3O[C@H](CO)[C@@H](O)[C@H](O)[C@@H]3O)[C@@H](O)[C@H](O[C@H]3O[C@H](CO)[C@@H](O)[C@H](O)[C@@H]3O)[C@@H]2O)[C@@H](O)C[C@@H]1O. The summed E-state index contributed by atoms with van der Waals surface area (Å²) >= 11 is 0. The summed E-state index contributed by atoms with van der Waals surface area (Å²) in [5.41, 5.74) is 0. The van der Waals surface area contributed by atoms with Crippen LogP contribution in [0.4, 0.5) is 0 Å². The van der Waals surface area contributed by atoms with E-state index in [1.165, 1.54) is 0 Å². The highest BCUT2D eigenvalue weighted by molar-refractivity contribution is 4.95. The topological polar surface area (TPSA) is 320 Å². The zero-order valence-corrected chi connectivity index (χ0v) is 27.7. The van der Waals surface area contributed by atoms with Gasteiger partial charge in [-0.05, 0) is 14.0 Å². The van der Waals surface area contributed by atoms with Crippen LogP contribution in [-0.4, -0.2) is 236 Å². The molecule has 4 saturated heterocycles. The van der Waals surface area contributed by atoms with Crippen LogP contribution in [0.15, 0.2) is 0 Å². The molecule has 4 rings (SSSR count). The number of rotatable bonds is 15. The van der Waals surface area contributed by atoms with E-state index in [1.54, 1.807) is 18.9 Å². The Hall–Kier alpha value is -0.840. The highest BCUT2D eigenvalue weighted by Crippen LogP contribution is 2.31. The maximum Gasteiger partial charge on any atom is 0.187 e. The summed E-state index contributed by atoms with van der Waals surface area (Å²) < 4.78 is 44.6. The van der Waals surface area contributed by atoms with E-state index in [-0.39, 0.29) is 26.2 Å². The van der Waals surface area contributed by atoms with Crippen LogP contribution in [0.1, 0.15) is 13.3 Å². The minimum absolute atomic E-state index is 0.0623. The fourth-order valence-electron chi connectivity index (χ4n) is 5.92. The Bertz CT molecular complexity index is 1000. The Morgan fingerprint density at radius 3 is 1.62 bits per heavy atom. The summed E-state index contributed by atoms with van der Waals surface area (Å²) in [7, 11) is 1.74. The summed E-state index contributed by atoms with van der Waals surface area (Å²) in [5, 5.41) is 123. The number of nitrogens with zero attached hydrogens (tertiary/aromatic N) is 1. The second-order valence-corrected chi connectivity index (χ2v) is 13.0. The highest BCUT2D eigenvalue weighted by Gasteiger charge is 2.52. The summed E-state index contributed by atoms with van der Waals surface area (Å²) in [6.07, 6.45) is -27.7. The first-order valence-electron chi connectivity index (χ1n) is 16.5. The average molecular weight is 736 g/mol. The van der Waals surface area contributed by atoms with Crippen molar-refractivity contribution in [2.75, 3.05) is 53.2 Å². The number of aliphatic hydroxyl groups excluding tert-OH is 12. The maximum atomic E-state index is 11.2. The lowest BCUT2D eigenvalue weighted by atomic mass is 9.96. The molecule has 0 unspecified atom stereocenters. The second-order valence-electron chi connectivity index (χ2n) is 13.0. The van der Waals surface area contributed by atoms with Crippen molar-refractivity contribution in [1.29, 1.82) is 0 Å². The summed E-state index contributed by atoms with van der Waals surface area (Å²) in [6.45, 7) is 0.305. The molecule has 294 valence electrons. The van der Waals surface area contributed by atoms with Gasteiger partial charge in [0.25, 0.3) is 0 Å². The van der Waals surface area contributed by atoms with Gasteiger partial charge in [-0.1, -0.05) is 0 Å². The molecule has 0 aliphatic carbocycles. The number of likely N-dealkylation sites (N-methyl/N-ethyl adjacent to an activating group) is 1. The predicted molar refractivity (Wildman–Crippen MR) is 159 cm³/mol. The monoisotopic (exact) mass is 735 g/mol. The van der Waals surface area contributed by atoms with Gasteiger partial charge < -0.3 is 104 Å². The van der Waals surface area contributed by atoms with E-state index in [4.69, 9.17) is 37.9 Å². The van der Waals surface area contributed by atoms with Crippen molar-refractivity contribution in [3.63, 3.8) is 0 Å². The molecule has 12 N–H and O–H groups in total. The van der Waals surface area contributed by atoms with Crippen LogP contribution in [0.2, 0.25) is 0 Å². The van der Waals surface area contributed by atoms with Gasteiger partial charge in [-0.2, -0.15) is 0 Å². The van der Waals surface area contributed by atoms with Crippen molar-refractivity contribution in [3.8, 4) is 0 Å². The molecule has 0 aromatic rings. The Morgan fingerprint density at radius 1 is 0.540 bits per heavy atom. The molecule has 4 aliphatic rings. The second kappa shape index (κ2) is 19.0. The van der Waals surface area contributed by atoms with E-state index in [2.05, 4.69) is 0 Å². The lowest BCUT2D eigenvalue weighted by Crippen LogP contribution is -2.65. The molecular weight excluding hydrogens is 682 g/mol. The molecule has 50 heavy (non-hydrogen) atoms. The van der Waals surface area contributed by atoms with E-state index in [9.17, 15) is 61.3 Å². The normalized spacial score (nSPS) is 47.5. The number of hydrogen-bond acceptors (Lipinski definition) is 21. The molecule has 19 atom stereocenters. The van der Waals surface area contributed by atoms with Crippen LogP contribution in [-0.2, 0) is 37.9 Å². The van der Waals surface area contributed by atoms with Crippen molar-refractivity contribution in [3.05, 3.63) is 0 Å². The van der Waals surface area contributed by atoms with Gasteiger partial charge >= 0.3 is 0 Å². The third-order valence-corrected chi connectivity index (χ3v) is 9.25. The standard InChI is InChI=1S/C29H53NO20/c1-11-12(33)7-13(34)26(46-11)43-5-3-30(2)4-6-44-28-24(42)25(50-29-23(41)21(39)18(36)15(9-32)48-29)19(37)16(49-28)10-45-27-22(40)20(38)17(35)14(8-31)47-27/h11-29,31-42H,3-10H2,1-2H3/t11-,12-,13-,14+,15+,16+,17+,18+,19+,20-,21-,22-,23-,24-,25-,26-,27-,28-,29+/m0/s1. The van der Waals surface area contributed by atoms with Crippen LogP contribution in [0.5, 0.6) is 0 Å². The molecule has 0 radical (unpaired) electrons. The Kier molecular flexibility index (Phi) is 15.9. The molecule has 21 nitrogen and oxygen atoms in total. The van der Waals surface area contributed by atoms with E-state index in [0.717, 1.165) is 0 Å². The van der Waals surface area contributed by atoms with Gasteiger partial charge in [-0.15, -0.1) is 0 Å². The van der Waals surface area contributed by atoms with Crippen molar-refractivity contribution in [2.24, 2.45) is 0 Å². The predicted octanol–water partition coefficient (Wildman–Crippen LogP) is -7.74. The minimum Gasteiger partial charge on any atom is -0.394 e. The van der Waals surface area contributed by atoms with Crippen LogP contribution in [0.25, 0.3) is 0 Å². The molecule has 4 heterocycles. The molecule has 0 aromatic heterocycles. The third-order valence-electron chi connectivity index (χ3n) is 9.25. The Labute approximate surface area is 287 Å². The molecule has 0 saturated carbocycles. The van der Waals surface area contributed by atoms with Crippen molar-refractivity contribution in [2.45, 2.75) is 130 Å². The minimum atomic E-state index is -1.87. The van der Waals surface area contributed by atoms with Crippen LogP contribution < -0.4 is 0 Å². The first-order chi connectivity index (χ1) is 23.7. The van der Waals surface area contributed by atoms with Gasteiger partial charge in [0, 0.05) is 19.5 Å². The van der Waals surface area contributed by atoms with Gasteiger partial charge in [0.15, 0.2) is 25.2 Å². The van der Waals surface area contributed by atoms with Gasteiger partial charge in [-0.25, -0.2) is 0 Å². The lowest BCUT2D eigenvalue weighted by Gasteiger charge is -2.46.